The smallest absolute Gasteiger partial charge is 0.420 e. The predicted octanol–water partition coefficient (Wildman–Crippen LogP) is 8.14. The summed E-state index contributed by atoms with van der Waals surface area (Å²) >= 11 is 0. The molecule has 39 heavy (non-hydrogen) atoms. The van der Waals surface area contributed by atoms with Crippen LogP contribution in [0.1, 0.15) is 81.9 Å². The minimum Gasteiger partial charge on any atom is -0.490 e. The molecule has 214 valence electrons. The minimum atomic E-state index is -4.73. The van der Waals surface area contributed by atoms with Crippen LogP contribution in [0.5, 0.6) is 5.75 Å². The average molecular weight is 558 g/mol. The Labute approximate surface area is 223 Å². The van der Waals surface area contributed by atoms with Gasteiger partial charge in [0.1, 0.15) is 11.3 Å². The third-order valence-electron chi connectivity index (χ3n) is 9.03. The van der Waals surface area contributed by atoms with Crippen LogP contribution >= 0.6 is 0 Å². The van der Waals surface area contributed by atoms with E-state index < -0.39 is 41.8 Å². The monoisotopic (exact) mass is 557 g/mol. The van der Waals surface area contributed by atoms with Gasteiger partial charge in [0.2, 0.25) is 0 Å². The molecule has 1 N–H and O–H groups in total. The molecule has 1 saturated carbocycles. The molecule has 5 rings (SSSR count). The fourth-order valence-electron chi connectivity index (χ4n) is 7.08. The molecule has 2 aromatic carbocycles. The normalized spacial score (nSPS) is 29.3. The summed E-state index contributed by atoms with van der Waals surface area (Å²) in [5.74, 6) is -2.99. The lowest BCUT2D eigenvalue weighted by molar-refractivity contribution is -0.185. The van der Waals surface area contributed by atoms with Gasteiger partial charge in [0, 0.05) is 18.1 Å². The Morgan fingerprint density at radius 2 is 1.56 bits per heavy atom. The number of carboxylic acids is 1. The Morgan fingerprint density at radius 3 is 2.13 bits per heavy atom. The van der Waals surface area contributed by atoms with Crippen molar-refractivity contribution in [2.45, 2.75) is 101 Å². The van der Waals surface area contributed by atoms with E-state index in [-0.39, 0.29) is 54.9 Å². The third kappa shape index (κ3) is 5.72. The zero-order valence-corrected chi connectivity index (χ0v) is 21.7. The van der Waals surface area contributed by atoms with Crippen molar-refractivity contribution in [3.05, 3.63) is 41.5 Å². The van der Waals surface area contributed by atoms with Crippen molar-refractivity contribution < 1.29 is 41.0 Å². The number of rotatable bonds is 5. The summed E-state index contributed by atoms with van der Waals surface area (Å²) in [5.41, 5.74) is -0.196. The largest absolute Gasteiger partial charge is 0.490 e. The second-order valence-electron chi connectivity index (χ2n) is 11.4. The van der Waals surface area contributed by atoms with Crippen LogP contribution < -0.4 is 4.74 Å². The summed E-state index contributed by atoms with van der Waals surface area (Å²) in [5, 5.41) is 9.96. The third-order valence-corrected chi connectivity index (χ3v) is 9.03. The Morgan fingerprint density at radius 1 is 0.949 bits per heavy atom. The lowest BCUT2D eigenvalue weighted by Gasteiger charge is -2.51. The topological polar surface area (TPSA) is 49.8 Å². The number of alkyl halides is 6. The molecule has 2 saturated heterocycles. The Kier molecular flexibility index (Phi) is 7.54. The molecular formula is C29H33F6NO3. The number of ether oxygens (including phenoxy) is 1. The highest BCUT2D eigenvalue weighted by Crippen LogP contribution is 2.46. The molecule has 2 aromatic rings. The van der Waals surface area contributed by atoms with Crippen molar-refractivity contribution in [2.75, 3.05) is 0 Å². The minimum absolute atomic E-state index is 0.00101. The van der Waals surface area contributed by atoms with Crippen LogP contribution in [0.3, 0.4) is 0 Å². The van der Waals surface area contributed by atoms with Crippen LogP contribution in [0.15, 0.2) is 30.3 Å². The Balaban J connectivity index is 1.44. The summed E-state index contributed by atoms with van der Waals surface area (Å²) in [7, 11) is 0. The van der Waals surface area contributed by atoms with Crippen LogP contribution in [0.2, 0.25) is 0 Å². The van der Waals surface area contributed by atoms with Crippen LogP contribution in [-0.4, -0.2) is 40.3 Å². The van der Waals surface area contributed by atoms with Gasteiger partial charge in [-0.05, 0) is 86.8 Å². The quantitative estimate of drug-likeness (QED) is 0.377. The standard InChI is InChI=1S/C29H33F6NO3/c1-16(36-21-3-2-4-22(36)14-19(13-21)27(37)38)18-6-5-17-7-12-25(26(24(17)15-18)29(33,34)35)39-23-10-8-20(9-11-23)28(30,31)32/h5-7,12,15-16,19-23H,2-4,8-11,13-14H2,1H3,(H,37,38)/t16-,19?,20?,21?,22?,23?/m1/s1. The number of fused-ring (bicyclic) bond motifs is 3. The van der Waals surface area contributed by atoms with Crippen molar-refractivity contribution in [2.24, 2.45) is 11.8 Å². The van der Waals surface area contributed by atoms with Gasteiger partial charge in [0.05, 0.1) is 17.9 Å². The highest BCUT2D eigenvalue weighted by Gasteiger charge is 2.44. The molecule has 2 heterocycles. The van der Waals surface area contributed by atoms with Gasteiger partial charge >= 0.3 is 18.3 Å². The van der Waals surface area contributed by atoms with E-state index in [2.05, 4.69) is 4.90 Å². The molecule has 4 nitrogen and oxygen atoms in total. The number of aliphatic carboxylic acids is 1. The molecule has 0 spiro atoms. The molecule has 2 bridgehead atoms. The van der Waals surface area contributed by atoms with E-state index in [1.165, 1.54) is 6.07 Å². The molecule has 1 aliphatic carbocycles. The number of piperidine rings is 2. The lowest BCUT2D eigenvalue weighted by Crippen LogP contribution is -2.53. The molecule has 10 heteroatoms. The van der Waals surface area contributed by atoms with E-state index in [1.54, 1.807) is 18.2 Å². The first-order valence-electron chi connectivity index (χ1n) is 13.7. The summed E-state index contributed by atoms with van der Waals surface area (Å²) < 4.78 is 88.2. The van der Waals surface area contributed by atoms with Crippen LogP contribution in [-0.2, 0) is 11.0 Å². The Hall–Kier alpha value is -2.49. The molecular weight excluding hydrogens is 524 g/mol. The zero-order chi connectivity index (χ0) is 28.1. The zero-order valence-electron chi connectivity index (χ0n) is 21.7. The van der Waals surface area contributed by atoms with E-state index in [9.17, 15) is 36.2 Å². The first kappa shape index (κ1) is 28.1. The molecule has 3 atom stereocenters. The number of carbonyl (C=O) groups is 1. The number of hydrogen-bond donors (Lipinski definition) is 1. The summed E-state index contributed by atoms with van der Waals surface area (Å²) in [6.07, 6.45) is -6.17. The molecule has 0 amide bonds. The van der Waals surface area contributed by atoms with Gasteiger partial charge in [-0.2, -0.15) is 26.3 Å². The van der Waals surface area contributed by atoms with Gasteiger partial charge in [-0.15, -0.1) is 0 Å². The average Bonchev–Trinajstić information content (AvgIpc) is 2.86. The summed E-state index contributed by atoms with van der Waals surface area (Å²) in [6.45, 7) is 1.96. The molecule has 0 aromatic heterocycles. The van der Waals surface area contributed by atoms with Crippen LogP contribution in [0.25, 0.3) is 10.8 Å². The molecule has 2 aliphatic heterocycles. The molecule has 3 fully saturated rings. The van der Waals surface area contributed by atoms with Crippen molar-refractivity contribution in [3.63, 3.8) is 0 Å². The van der Waals surface area contributed by atoms with Crippen LogP contribution in [0.4, 0.5) is 26.3 Å². The Bertz CT molecular complexity index is 1190. The van der Waals surface area contributed by atoms with Crippen molar-refractivity contribution in [1.29, 1.82) is 0 Å². The first-order chi connectivity index (χ1) is 18.3. The molecule has 3 aliphatic rings. The fourth-order valence-corrected chi connectivity index (χ4v) is 7.08. The van der Waals surface area contributed by atoms with E-state index in [0.717, 1.165) is 19.3 Å². The van der Waals surface area contributed by atoms with Gasteiger partial charge in [-0.25, -0.2) is 0 Å². The fraction of sp³-hybridized carbons (Fsp3) is 0.621. The van der Waals surface area contributed by atoms with E-state index >= 15 is 0 Å². The van der Waals surface area contributed by atoms with Crippen molar-refractivity contribution in [3.8, 4) is 5.75 Å². The van der Waals surface area contributed by atoms with Gasteiger partial charge in [0.15, 0.2) is 0 Å². The highest BCUT2D eigenvalue weighted by molar-refractivity contribution is 5.89. The van der Waals surface area contributed by atoms with E-state index in [4.69, 9.17) is 4.74 Å². The number of nitrogens with zero attached hydrogens (tertiary/aromatic N) is 1. The van der Waals surface area contributed by atoms with Crippen LogP contribution in [0, 0.1) is 11.8 Å². The van der Waals surface area contributed by atoms with E-state index in [1.807, 2.05) is 13.0 Å². The lowest BCUT2D eigenvalue weighted by atomic mass is 9.77. The second kappa shape index (κ2) is 10.5. The maximum atomic E-state index is 14.5. The van der Waals surface area contributed by atoms with Crippen molar-refractivity contribution >= 4 is 16.7 Å². The van der Waals surface area contributed by atoms with Gasteiger partial charge < -0.3 is 9.84 Å². The molecule has 2 unspecified atom stereocenters. The van der Waals surface area contributed by atoms with E-state index in [0.29, 0.717) is 23.8 Å². The van der Waals surface area contributed by atoms with Crippen molar-refractivity contribution in [1.82, 2.24) is 4.90 Å². The number of hydrogen-bond acceptors (Lipinski definition) is 3. The first-order valence-corrected chi connectivity index (χ1v) is 13.7. The maximum Gasteiger partial charge on any atom is 0.420 e. The predicted molar refractivity (Wildman–Crippen MR) is 133 cm³/mol. The second-order valence-corrected chi connectivity index (χ2v) is 11.4. The number of halogens is 6. The number of benzene rings is 2. The maximum absolute atomic E-state index is 14.5. The highest BCUT2D eigenvalue weighted by atomic mass is 19.4. The summed E-state index contributed by atoms with van der Waals surface area (Å²) in [6, 6.07) is 7.78. The summed E-state index contributed by atoms with van der Waals surface area (Å²) in [4.78, 5) is 13.9. The van der Waals surface area contributed by atoms with Gasteiger partial charge in [0.25, 0.3) is 0 Å². The number of carboxylic acid groups (broad SMARTS) is 1. The molecule has 0 radical (unpaired) electrons. The van der Waals surface area contributed by atoms with Gasteiger partial charge in [-0.3, -0.25) is 9.69 Å². The van der Waals surface area contributed by atoms with Gasteiger partial charge in [-0.1, -0.05) is 24.6 Å². The SMILES string of the molecule is C[C@H](c1ccc2ccc(OC3CCC(C(F)(F)F)CC3)c(C(F)(F)F)c2c1)N1C2CCCC1CC(C(=O)O)C2.